The van der Waals surface area contributed by atoms with E-state index in [1.54, 1.807) is 18.2 Å². The zero-order valence-corrected chi connectivity index (χ0v) is 14.4. The average Bonchev–Trinajstić information content (AvgIpc) is 2.55. The number of rotatable bonds is 6. The van der Waals surface area contributed by atoms with Crippen molar-refractivity contribution in [3.63, 3.8) is 0 Å². The summed E-state index contributed by atoms with van der Waals surface area (Å²) in [6.07, 6.45) is 1.42. The molecular weight excluding hydrogens is 351 g/mol. The Morgan fingerprint density at radius 2 is 1.88 bits per heavy atom. The van der Waals surface area contributed by atoms with Crippen LogP contribution in [0, 0.1) is 0 Å². The van der Waals surface area contributed by atoms with Gasteiger partial charge in [-0.2, -0.15) is 5.10 Å². The molecule has 8 heteroatoms. The molecule has 0 radical (unpaired) electrons. The van der Waals surface area contributed by atoms with Crippen LogP contribution in [0.15, 0.2) is 46.6 Å². The minimum atomic E-state index is -0.144. The summed E-state index contributed by atoms with van der Waals surface area (Å²) in [5.41, 5.74) is 11.9. The molecule has 0 spiro atoms. The van der Waals surface area contributed by atoms with Gasteiger partial charge in [0.25, 0.3) is 0 Å². The van der Waals surface area contributed by atoms with Gasteiger partial charge in [-0.05, 0) is 12.1 Å². The number of nitrogens with two attached hydrogens (primary N) is 2. The van der Waals surface area contributed by atoms with Crippen LogP contribution >= 0.6 is 23.2 Å². The lowest BCUT2D eigenvalue weighted by Gasteiger charge is -2.13. The van der Waals surface area contributed by atoms with Crippen molar-refractivity contribution < 1.29 is 9.47 Å². The summed E-state index contributed by atoms with van der Waals surface area (Å²) < 4.78 is 11.1. The zero-order chi connectivity index (χ0) is 17.5. The SMILES string of the molecule is COc1cc(C=NN=C(N)N)c(Cl)cc1OCc1ccccc1Cl. The topological polar surface area (TPSA) is 95.2 Å². The van der Waals surface area contributed by atoms with Crippen molar-refractivity contribution in [2.24, 2.45) is 21.7 Å². The molecule has 2 rings (SSSR count). The van der Waals surface area contributed by atoms with Crippen LogP contribution in [0.5, 0.6) is 11.5 Å². The Kier molecular flexibility index (Phi) is 6.28. The second-order valence-electron chi connectivity index (χ2n) is 4.67. The van der Waals surface area contributed by atoms with Crippen LogP contribution in [0.25, 0.3) is 0 Å². The van der Waals surface area contributed by atoms with Gasteiger partial charge in [-0.25, -0.2) is 0 Å². The van der Waals surface area contributed by atoms with Gasteiger partial charge in [-0.15, -0.1) is 5.10 Å². The van der Waals surface area contributed by atoms with E-state index in [1.165, 1.54) is 13.3 Å². The zero-order valence-electron chi connectivity index (χ0n) is 12.9. The first-order valence-electron chi connectivity index (χ1n) is 6.87. The number of ether oxygens (including phenoxy) is 2. The quantitative estimate of drug-likeness (QED) is 0.466. The number of halogens is 2. The van der Waals surface area contributed by atoms with E-state index in [4.69, 9.17) is 44.1 Å². The summed E-state index contributed by atoms with van der Waals surface area (Å²) in [5.74, 6) is 0.841. The lowest BCUT2D eigenvalue weighted by Crippen LogP contribution is -2.21. The van der Waals surface area contributed by atoms with Gasteiger partial charge in [0.05, 0.1) is 18.3 Å². The predicted octanol–water partition coefficient (Wildman–Crippen LogP) is 3.19. The molecule has 0 aliphatic heterocycles. The normalized spacial score (nSPS) is 10.6. The molecule has 0 fully saturated rings. The fourth-order valence-corrected chi connectivity index (χ4v) is 2.24. The van der Waals surface area contributed by atoms with Crippen LogP contribution in [0.1, 0.15) is 11.1 Å². The van der Waals surface area contributed by atoms with E-state index in [0.717, 1.165) is 5.56 Å². The molecule has 0 aliphatic rings. The van der Waals surface area contributed by atoms with E-state index in [-0.39, 0.29) is 12.6 Å². The molecule has 0 aliphatic carbocycles. The molecule has 126 valence electrons. The van der Waals surface area contributed by atoms with E-state index >= 15 is 0 Å². The van der Waals surface area contributed by atoms with Crippen molar-refractivity contribution in [1.29, 1.82) is 0 Å². The van der Waals surface area contributed by atoms with Crippen LogP contribution in [0.2, 0.25) is 10.0 Å². The van der Waals surface area contributed by atoms with Crippen molar-refractivity contribution >= 4 is 35.4 Å². The summed E-state index contributed by atoms with van der Waals surface area (Å²) in [5, 5.41) is 8.29. The van der Waals surface area contributed by atoms with Crippen LogP contribution in [0.4, 0.5) is 0 Å². The standard InChI is InChI=1S/C16H16Cl2N4O2/c1-23-14-6-11(8-21-22-16(19)20)13(18)7-15(14)24-9-10-4-2-3-5-12(10)17/h2-8H,9H2,1H3,(H4,19,20,22). The van der Waals surface area contributed by atoms with E-state index in [9.17, 15) is 0 Å². The van der Waals surface area contributed by atoms with Crippen LogP contribution in [-0.2, 0) is 6.61 Å². The van der Waals surface area contributed by atoms with Gasteiger partial charge < -0.3 is 20.9 Å². The largest absolute Gasteiger partial charge is 0.493 e. The van der Waals surface area contributed by atoms with Gasteiger partial charge in [0, 0.05) is 22.2 Å². The van der Waals surface area contributed by atoms with E-state index < -0.39 is 0 Å². The van der Waals surface area contributed by atoms with E-state index in [1.807, 2.05) is 18.2 Å². The molecule has 2 aromatic rings. The molecule has 0 bridgehead atoms. The number of nitrogens with zero attached hydrogens (tertiary/aromatic N) is 2. The van der Waals surface area contributed by atoms with Crippen molar-refractivity contribution in [3.8, 4) is 11.5 Å². The van der Waals surface area contributed by atoms with Gasteiger partial charge in [-0.3, -0.25) is 0 Å². The van der Waals surface area contributed by atoms with Gasteiger partial charge in [0.2, 0.25) is 5.96 Å². The Morgan fingerprint density at radius 1 is 1.12 bits per heavy atom. The van der Waals surface area contributed by atoms with Gasteiger partial charge in [0.15, 0.2) is 11.5 Å². The fraction of sp³-hybridized carbons (Fsp3) is 0.125. The van der Waals surface area contributed by atoms with Gasteiger partial charge >= 0.3 is 0 Å². The monoisotopic (exact) mass is 366 g/mol. The summed E-state index contributed by atoms with van der Waals surface area (Å²) in [7, 11) is 1.53. The maximum Gasteiger partial charge on any atom is 0.211 e. The summed E-state index contributed by atoms with van der Waals surface area (Å²) in [6.45, 7) is 0.286. The van der Waals surface area contributed by atoms with E-state index in [0.29, 0.717) is 27.1 Å². The third-order valence-electron chi connectivity index (χ3n) is 2.99. The van der Waals surface area contributed by atoms with Crippen molar-refractivity contribution in [2.45, 2.75) is 6.61 Å². The fourth-order valence-electron chi connectivity index (χ4n) is 1.85. The Bertz CT molecular complexity index is 775. The summed E-state index contributed by atoms with van der Waals surface area (Å²) in [6, 6.07) is 10.7. The summed E-state index contributed by atoms with van der Waals surface area (Å²) >= 11 is 12.3. The van der Waals surface area contributed by atoms with Crippen molar-refractivity contribution in [1.82, 2.24) is 0 Å². The highest BCUT2D eigenvalue weighted by Gasteiger charge is 2.10. The lowest BCUT2D eigenvalue weighted by molar-refractivity contribution is 0.284. The molecule has 2 aromatic carbocycles. The maximum absolute atomic E-state index is 6.22. The van der Waals surface area contributed by atoms with E-state index in [2.05, 4.69) is 10.2 Å². The number of guanidine groups is 1. The van der Waals surface area contributed by atoms with Gasteiger partial charge in [0.1, 0.15) is 6.61 Å². The number of benzene rings is 2. The van der Waals surface area contributed by atoms with Crippen LogP contribution < -0.4 is 20.9 Å². The van der Waals surface area contributed by atoms with Crippen molar-refractivity contribution in [3.05, 3.63) is 57.6 Å². The highest BCUT2D eigenvalue weighted by molar-refractivity contribution is 6.33. The first kappa shape index (κ1) is 17.9. The molecule has 0 saturated carbocycles. The molecule has 24 heavy (non-hydrogen) atoms. The smallest absolute Gasteiger partial charge is 0.211 e. The summed E-state index contributed by atoms with van der Waals surface area (Å²) in [4.78, 5) is 0. The Labute approximate surface area is 149 Å². The minimum Gasteiger partial charge on any atom is -0.493 e. The second-order valence-corrected chi connectivity index (χ2v) is 5.49. The van der Waals surface area contributed by atoms with Crippen LogP contribution in [0.3, 0.4) is 0 Å². The molecule has 4 N–H and O–H groups in total. The Balaban J connectivity index is 2.21. The molecular formula is C16H16Cl2N4O2. The van der Waals surface area contributed by atoms with Gasteiger partial charge in [-0.1, -0.05) is 41.4 Å². The molecule has 0 unspecified atom stereocenters. The number of hydrogen-bond donors (Lipinski definition) is 2. The molecule has 6 nitrogen and oxygen atoms in total. The highest BCUT2D eigenvalue weighted by atomic mass is 35.5. The highest BCUT2D eigenvalue weighted by Crippen LogP contribution is 2.33. The molecule has 0 atom stereocenters. The second kappa shape index (κ2) is 8.42. The molecule has 0 heterocycles. The number of methoxy groups -OCH3 is 1. The first-order valence-corrected chi connectivity index (χ1v) is 7.62. The Morgan fingerprint density at radius 3 is 2.54 bits per heavy atom. The Hall–Kier alpha value is -2.44. The minimum absolute atomic E-state index is 0.144. The molecule has 0 aromatic heterocycles. The lowest BCUT2D eigenvalue weighted by atomic mass is 10.2. The predicted molar refractivity (Wildman–Crippen MR) is 97.2 cm³/mol. The third-order valence-corrected chi connectivity index (χ3v) is 3.69. The number of hydrogen-bond acceptors (Lipinski definition) is 4. The molecule has 0 saturated heterocycles. The average molecular weight is 367 g/mol. The maximum atomic E-state index is 6.22. The molecule has 0 amide bonds. The third kappa shape index (κ3) is 4.78. The first-order chi connectivity index (χ1) is 11.5. The van der Waals surface area contributed by atoms with Crippen LogP contribution in [-0.4, -0.2) is 19.3 Å². The van der Waals surface area contributed by atoms with Crippen molar-refractivity contribution in [2.75, 3.05) is 7.11 Å².